The summed E-state index contributed by atoms with van der Waals surface area (Å²) in [7, 11) is 0. The molecule has 1 aliphatic heterocycles. The molecule has 1 fully saturated rings. The summed E-state index contributed by atoms with van der Waals surface area (Å²) >= 11 is 0. The van der Waals surface area contributed by atoms with Crippen LogP contribution in [-0.4, -0.2) is 21.9 Å². The molecule has 0 aromatic carbocycles. The highest BCUT2D eigenvalue weighted by Gasteiger charge is 2.67. The van der Waals surface area contributed by atoms with Gasteiger partial charge in [0.25, 0.3) is 0 Å². The fourth-order valence-corrected chi connectivity index (χ4v) is 2.85. The third kappa shape index (κ3) is 1.32. The van der Waals surface area contributed by atoms with Crippen molar-refractivity contribution in [1.82, 2.24) is 0 Å². The van der Waals surface area contributed by atoms with E-state index in [1.54, 1.807) is 0 Å². The molecule has 0 atom stereocenters. The first-order valence-corrected chi connectivity index (χ1v) is 6.13. The number of rotatable bonds is 0. The van der Waals surface area contributed by atoms with Crippen LogP contribution >= 0.6 is 0 Å². The van der Waals surface area contributed by atoms with Crippen LogP contribution in [0, 0.1) is 10.8 Å². The van der Waals surface area contributed by atoms with Gasteiger partial charge in [-0.2, -0.15) is 0 Å². The van der Waals surface area contributed by atoms with Gasteiger partial charge in [-0.25, -0.2) is 0 Å². The second-order valence-corrected chi connectivity index (χ2v) is 7.44. The van der Waals surface area contributed by atoms with Gasteiger partial charge in [-0.15, -0.1) is 0 Å². The highest BCUT2D eigenvalue weighted by molar-refractivity contribution is 5.16. The fraction of sp³-hybridized carbons (Fsp3) is 1.00. The summed E-state index contributed by atoms with van der Waals surface area (Å²) in [5, 5.41) is 11.0. The summed E-state index contributed by atoms with van der Waals surface area (Å²) in [6.45, 7) is 18.6. The molecule has 0 aromatic rings. The van der Waals surface area contributed by atoms with Crippen molar-refractivity contribution in [3.05, 3.63) is 0 Å². The van der Waals surface area contributed by atoms with Gasteiger partial charge in [0.2, 0.25) is 0 Å². The lowest BCUT2D eigenvalue weighted by molar-refractivity contribution is -0.348. The maximum Gasteiger partial charge on any atom is 0.0775 e. The highest BCUT2D eigenvalue weighted by atomic mass is 16.5. The van der Waals surface area contributed by atoms with E-state index in [0.29, 0.717) is 0 Å². The molecule has 1 saturated heterocycles. The minimum absolute atomic E-state index is 0.307. The van der Waals surface area contributed by atoms with Crippen LogP contribution in [-0.2, 0) is 4.74 Å². The molecule has 2 nitrogen and oxygen atoms in total. The molecular formula is C14H28O2. The van der Waals surface area contributed by atoms with E-state index in [9.17, 15) is 5.11 Å². The van der Waals surface area contributed by atoms with E-state index in [1.807, 2.05) is 6.92 Å². The molecule has 1 N–H and O–H groups in total. The number of hydrogen-bond acceptors (Lipinski definition) is 2. The van der Waals surface area contributed by atoms with Crippen molar-refractivity contribution in [3.63, 3.8) is 0 Å². The van der Waals surface area contributed by atoms with E-state index in [0.717, 1.165) is 0 Å². The fourth-order valence-electron chi connectivity index (χ4n) is 2.85. The standard InChI is InChI=1S/C14H28O2/c1-10(2)12(5,6)16-13(7,8)11(3,4)14(10,9)15/h15H,1-9H3. The van der Waals surface area contributed by atoms with Gasteiger partial charge < -0.3 is 9.84 Å². The van der Waals surface area contributed by atoms with Crippen molar-refractivity contribution < 1.29 is 9.84 Å². The first kappa shape index (κ1) is 14.0. The Morgan fingerprint density at radius 3 is 1.12 bits per heavy atom. The Balaban J connectivity index is 3.43. The molecule has 0 saturated carbocycles. The average Bonchev–Trinajstić information content (AvgIpc) is 1.98. The van der Waals surface area contributed by atoms with E-state index < -0.39 is 5.60 Å². The average molecular weight is 228 g/mol. The summed E-state index contributed by atoms with van der Waals surface area (Å²) < 4.78 is 6.27. The van der Waals surface area contributed by atoms with Crippen LogP contribution in [0.4, 0.5) is 0 Å². The zero-order chi connectivity index (χ0) is 13.2. The van der Waals surface area contributed by atoms with Gasteiger partial charge in [0, 0.05) is 10.8 Å². The van der Waals surface area contributed by atoms with Gasteiger partial charge in [-0.3, -0.25) is 0 Å². The predicted octanol–water partition coefficient (Wildman–Crippen LogP) is 3.38. The van der Waals surface area contributed by atoms with Crippen LogP contribution in [0.2, 0.25) is 0 Å². The predicted molar refractivity (Wildman–Crippen MR) is 67.4 cm³/mol. The molecule has 0 aliphatic carbocycles. The summed E-state index contributed by atoms with van der Waals surface area (Å²) in [5.74, 6) is 0. The van der Waals surface area contributed by atoms with E-state index in [1.165, 1.54) is 0 Å². The molecule has 96 valence electrons. The van der Waals surface area contributed by atoms with E-state index >= 15 is 0 Å². The topological polar surface area (TPSA) is 29.5 Å². The van der Waals surface area contributed by atoms with Crippen molar-refractivity contribution >= 4 is 0 Å². The number of hydrogen-bond donors (Lipinski definition) is 1. The Hall–Kier alpha value is -0.0800. The van der Waals surface area contributed by atoms with Crippen molar-refractivity contribution in [3.8, 4) is 0 Å². The van der Waals surface area contributed by atoms with Gasteiger partial charge in [-0.1, -0.05) is 27.7 Å². The minimum atomic E-state index is -0.786. The zero-order valence-electron chi connectivity index (χ0n) is 12.4. The van der Waals surface area contributed by atoms with Gasteiger partial charge in [0.1, 0.15) is 0 Å². The highest BCUT2D eigenvalue weighted by Crippen LogP contribution is 2.61. The Labute approximate surface area is 100 Å². The Bertz CT molecular complexity index is 268. The third-order valence-corrected chi connectivity index (χ3v) is 5.95. The van der Waals surface area contributed by atoms with E-state index in [-0.39, 0.29) is 22.0 Å². The van der Waals surface area contributed by atoms with Crippen molar-refractivity contribution in [2.24, 2.45) is 10.8 Å². The monoisotopic (exact) mass is 228 g/mol. The lowest BCUT2D eigenvalue weighted by Gasteiger charge is -2.67. The van der Waals surface area contributed by atoms with Crippen molar-refractivity contribution in [2.75, 3.05) is 0 Å². The summed E-state index contributed by atoms with van der Waals surface area (Å²) in [4.78, 5) is 0. The van der Waals surface area contributed by atoms with Gasteiger partial charge in [-0.05, 0) is 34.6 Å². The van der Waals surface area contributed by atoms with E-state index in [4.69, 9.17) is 4.74 Å². The minimum Gasteiger partial charge on any atom is -0.389 e. The largest absolute Gasteiger partial charge is 0.389 e. The summed E-state index contributed by atoms with van der Waals surface area (Å²) in [6.07, 6.45) is 0. The Morgan fingerprint density at radius 2 is 0.875 bits per heavy atom. The molecule has 1 aliphatic rings. The second kappa shape index (κ2) is 3.02. The molecular weight excluding hydrogens is 200 g/mol. The first-order valence-electron chi connectivity index (χ1n) is 6.13. The molecule has 2 heteroatoms. The molecule has 0 unspecified atom stereocenters. The van der Waals surface area contributed by atoms with Crippen LogP contribution in [0.5, 0.6) is 0 Å². The van der Waals surface area contributed by atoms with Crippen LogP contribution < -0.4 is 0 Å². The van der Waals surface area contributed by atoms with Gasteiger partial charge in [0.15, 0.2) is 0 Å². The zero-order valence-corrected chi connectivity index (χ0v) is 12.4. The smallest absolute Gasteiger partial charge is 0.0775 e. The van der Waals surface area contributed by atoms with Crippen LogP contribution in [0.25, 0.3) is 0 Å². The third-order valence-electron chi connectivity index (χ3n) is 5.95. The molecule has 0 aromatic heterocycles. The lowest BCUT2D eigenvalue weighted by atomic mass is 9.49. The lowest BCUT2D eigenvalue weighted by Crippen LogP contribution is -2.74. The Morgan fingerprint density at radius 1 is 0.625 bits per heavy atom. The normalized spacial score (nSPS) is 33.4. The maximum absolute atomic E-state index is 11.0. The van der Waals surface area contributed by atoms with Crippen LogP contribution in [0.15, 0.2) is 0 Å². The molecule has 1 heterocycles. The first-order chi connectivity index (χ1) is 6.71. The molecule has 0 amide bonds. The molecule has 16 heavy (non-hydrogen) atoms. The van der Waals surface area contributed by atoms with Crippen LogP contribution in [0.3, 0.4) is 0 Å². The van der Waals surface area contributed by atoms with Crippen molar-refractivity contribution in [1.29, 1.82) is 0 Å². The van der Waals surface area contributed by atoms with Crippen molar-refractivity contribution in [2.45, 2.75) is 79.1 Å². The number of ether oxygens (including phenoxy) is 1. The quantitative estimate of drug-likeness (QED) is 0.689. The molecule has 0 spiro atoms. The molecule has 0 bridgehead atoms. The molecule has 1 rings (SSSR count). The SMILES string of the molecule is CC1(C)OC(C)(C)C(C)(C)C(C)(O)C1(C)C. The second-order valence-electron chi connectivity index (χ2n) is 7.44. The summed E-state index contributed by atoms with van der Waals surface area (Å²) in [5.41, 5.74) is -2.10. The van der Waals surface area contributed by atoms with Gasteiger partial charge >= 0.3 is 0 Å². The maximum atomic E-state index is 11.0. The van der Waals surface area contributed by atoms with Gasteiger partial charge in [0.05, 0.1) is 16.8 Å². The van der Waals surface area contributed by atoms with E-state index in [2.05, 4.69) is 55.4 Å². The number of aliphatic hydroxyl groups is 1. The molecule has 0 radical (unpaired) electrons. The summed E-state index contributed by atoms with van der Waals surface area (Å²) in [6, 6.07) is 0. The Kier molecular flexibility index (Phi) is 2.64. The van der Waals surface area contributed by atoms with Crippen LogP contribution in [0.1, 0.15) is 62.3 Å².